The molecule has 1 aliphatic rings. The monoisotopic (exact) mass is 396 g/mol. The first-order valence-corrected chi connectivity index (χ1v) is 8.84. The molecule has 0 saturated carbocycles. The lowest BCUT2D eigenvalue weighted by atomic mass is 10.1. The fourth-order valence-corrected chi connectivity index (χ4v) is 3.53. The van der Waals surface area contributed by atoms with Crippen molar-refractivity contribution < 1.29 is 14.7 Å². The molecule has 0 spiro atoms. The van der Waals surface area contributed by atoms with Crippen LogP contribution < -0.4 is 0 Å². The lowest BCUT2D eigenvalue weighted by Gasteiger charge is -2.35. The largest absolute Gasteiger partial charge is 0.478 e. The number of carbonyl (C=O) groups is 2. The topological polar surface area (TPSA) is 78.7 Å². The zero-order chi connectivity index (χ0) is 18.8. The summed E-state index contributed by atoms with van der Waals surface area (Å²) in [7, 11) is 1.56. The molecular weight excluding hydrogens is 379 g/mol. The summed E-state index contributed by atoms with van der Waals surface area (Å²) in [4.78, 5) is 27.8. The highest BCUT2D eigenvalue weighted by molar-refractivity contribution is 6.35. The number of aromatic nitrogens is 2. The number of nitrogens with zero attached hydrogens (tertiary/aromatic N) is 4. The number of rotatable bonds is 4. The Labute approximate surface area is 160 Å². The van der Waals surface area contributed by atoms with Gasteiger partial charge >= 0.3 is 5.97 Å². The van der Waals surface area contributed by atoms with Crippen molar-refractivity contribution >= 4 is 35.1 Å². The Morgan fingerprint density at radius 2 is 1.77 bits per heavy atom. The molecule has 1 aromatic heterocycles. The smallest absolute Gasteiger partial charge is 0.339 e. The maximum atomic E-state index is 12.7. The molecule has 1 aliphatic heterocycles. The quantitative estimate of drug-likeness (QED) is 0.857. The van der Waals surface area contributed by atoms with E-state index in [1.807, 2.05) is 0 Å². The molecule has 0 bridgehead atoms. The molecule has 9 heteroatoms. The van der Waals surface area contributed by atoms with Gasteiger partial charge in [0.05, 0.1) is 6.20 Å². The van der Waals surface area contributed by atoms with Crippen molar-refractivity contribution in [3.8, 4) is 0 Å². The number of benzene rings is 1. The first kappa shape index (κ1) is 18.7. The van der Waals surface area contributed by atoms with Gasteiger partial charge in [-0.15, -0.1) is 0 Å². The number of aryl methyl sites for hydroxylation is 1. The number of carboxylic acid groups (broad SMARTS) is 1. The molecule has 1 aromatic carbocycles. The van der Waals surface area contributed by atoms with Gasteiger partial charge in [0.1, 0.15) is 11.3 Å². The van der Waals surface area contributed by atoms with Gasteiger partial charge in [0.2, 0.25) is 0 Å². The molecule has 1 N–H and O–H groups in total. The average molecular weight is 397 g/mol. The predicted octanol–water partition coefficient (Wildman–Crippen LogP) is 2.38. The normalized spacial score (nSPS) is 15.3. The summed E-state index contributed by atoms with van der Waals surface area (Å²) >= 11 is 12.4. The van der Waals surface area contributed by atoms with E-state index in [1.165, 1.54) is 10.9 Å². The number of carboxylic acids is 1. The summed E-state index contributed by atoms with van der Waals surface area (Å²) in [5, 5.41) is 14.4. The highest BCUT2D eigenvalue weighted by Gasteiger charge is 2.28. The average Bonchev–Trinajstić information content (AvgIpc) is 3.00. The van der Waals surface area contributed by atoms with Crippen LogP contribution in [0.5, 0.6) is 0 Å². The van der Waals surface area contributed by atoms with Gasteiger partial charge in [-0.1, -0.05) is 29.3 Å². The minimum atomic E-state index is -1.16. The van der Waals surface area contributed by atoms with E-state index in [0.717, 1.165) is 5.56 Å². The van der Waals surface area contributed by atoms with Crippen LogP contribution >= 0.6 is 23.2 Å². The first-order valence-electron chi connectivity index (χ1n) is 8.08. The van der Waals surface area contributed by atoms with E-state index >= 15 is 0 Å². The van der Waals surface area contributed by atoms with Gasteiger partial charge in [0.15, 0.2) is 0 Å². The molecule has 2 aromatic rings. The third-order valence-electron chi connectivity index (χ3n) is 4.47. The van der Waals surface area contributed by atoms with E-state index in [9.17, 15) is 14.7 Å². The Bertz CT molecular complexity index is 824. The van der Waals surface area contributed by atoms with E-state index in [0.29, 0.717) is 42.8 Å². The third-order valence-corrected chi connectivity index (χ3v) is 5.18. The van der Waals surface area contributed by atoms with Gasteiger partial charge in [-0.05, 0) is 12.1 Å². The van der Waals surface area contributed by atoms with Crippen LogP contribution in [-0.4, -0.2) is 62.7 Å². The van der Waals surface area contributed by atoms with Crippen molar-refractivity contribution in [2.24, 2.45) is 7.05 Å². The van der Waals surface area contributed by atoms with Gasteiger partial charge < -0.3 is 10.0 Å². The molecule has 0 atom stereocenters. The third kappa shape index (κ3) is 3.70. The Hall–Kier alpha value is -2.09. The number of hydrogen-bond donors (Lipinski definition) is 1. The van der Waals surface area contributed by atoms with Crippen LogP contribution in [0.15, 0.2) is 24.4 Å². The Morgan fingerprint density at radius 1 is 1.15 bits per heavy atom. The van der Waals surface area contributed by atoms with Crippen molar-refractivity contribution in [1.82, 2.24) is 19.6 Å². The van der Waals surface area contributed by atoms with Crippen molar-refractivity contribution in [1.29, 1.82) is 0 Å². The number of carbonyl (C=O) groups excluding carboxylic acids is 1. The number of piperazine rings is 1. The summed E-state index contributed by atoms with van der Waals surface area (Å²) in [5.41, 5.74) is 0.887. The molecule has 1 fully saturated rings. The van der Waals surface area contributed by atoms with Crippen LogP contribution in [0.1, 0.15) is 26.4 Å². The summed E-state index contributed by atoms with van der Waals surface area (Å²) in [6.45, 7) is 2.88. The second-order valence-corrected chi connectivity index (χ2v) is 6.92. The van der Waals surface area contributed by atoms with Crippen LogP contribution in [0.4, 0.5) is 0 Å². The van der Waals surface area contributed by atoms with Gasteiger partial charge in [0.25, 0.3) is 5.91 Å². The van der Waals surface area contributed by atoms with Crippen LogP contribution in [0.25, 0.3) is 0 Å². The predicted molar refractivity (Wildman–Crippen MR) is 97.8 cm³/mol. The van der Waals surface area contributed by atoms with E-state index in [1.54, 1.807) is 30.1 Å². The SMILES string of the molecule is Cn1ncc(C(=O)O)c1C(=O)N1CCN(Cc2c(Cl)cccc2Cl)CC1. The van der Waals surface area contributed by atoms with E-state index in [-0.39, 0.29) is 17.2 Å². The minimum absolute atomic E-state index is 0.0808. The van der Waals surface area contributed by atoms with Gasteiger partial charge in [-0.25, -0.2) is 4.79 Å². The lowest BCUT2D eigenvalue weighted by molar-refractivity contribution is 0.0599. The maximum absolute atomic E-state index is 12.7. The van der Waals surface area contributed by atoms with Gasteiger partial charge in [-0.3, -0.25) is 14.4 Å². The highest BCUT2D eigenvalue weighted by Crippen LogP contribution is 2.26. The van der Waals surface area contributed by atoms with Gasteiger partial charge in [-0.2, -0.15) is 5.10 Å². The molecule has 138 valence electrons. The minimum Gasteiger partial charge on any atom is -0.478 e. The molecule has 3 rings (SSSR count). The Balaban J connectivity index is 1.66. The molecule has 2 heterocycles. The van der Waals surface area contributed by atoms with E-state index in [2.05, 4.69) is 10.00 Å². The van der Waals surface area contributed by atoms with Crippen molar-refractivity contribution in [2.45, 2.75) is 6.54 Å². The second-order valence-electron chi connectivity index (χ2n) is 6.10. The molecular formula is C17H18Cl2N4O3. The molecule has 0 aliphatic carbocycles. The number of aromatic carboxylic acids is 1. The summed E-state index contributed by atoms with van der Waals surface area (Å²) in [6.07, 6.45) is 1.20. The van der Waals surface area contributed by atoms with Gasteiger partial charge in [0, 0.05) is 55.4 Å². The van der Waals surface area contributed by atoms with Crippen LogP contribution in [0.3, 0.4) is 0 Å². The summed E-state index contributed by atoms with van der Waals surface area (Å²) in [5.74, 6) is -1.48. The molecule has 1 amide bonds. The zero-order valence-electron chi connectivity index (χ0n) is 14.2. The maximum Gasteiger partial charge on any atom is 0.339 e. The molecule has 1 saturated heterocycles. The molecule has 0 radical (unpaired) electrons. The zero-order valence-corrected chi connectivity index (χ0v) is 15.7. The number of hydrogen-bond acceptors (Lipinski definition) is 4. The molecule has 0 unspecified atom stereocenters. The number of halogens is 2. The molecule has 7 nitrogen and oxygen atoms in total. The van der Waals surface area contributed by atoms with Crippen molar-refractivity contribution in [3.63, 3.8) is 0 Å². The Kier molecular flexibility index (Phi) is 5.50. The van der Waals surface area contributed by atoms with Crippen LogP contribution in [0.2, 0.25) is 10.0 Å². The fraction of sp³-hybridized carbons (Fsp3) is 0.353. The first-order chi connectivity index (χ1) is 12.4. The highest BCUT2D eigenvalue weighted by atomic mass is 35.5. The van der Waals surface area contributed by atoms with Crippen LogP contribution in [0, 0.1) is 0 Å². The summed E-state index contributed by atoms with van der Waals surface area (Å²) < 4.78 is 1.31. The Morgan fingerprint density at radius 3 is 2.35 bits per heavy atom. The standard InChI is InChI=1S/C17H18Cl2N4O3/c1-21-15(11(9-20-21)17(25)26)16(24)23-7-5-22(6-8-23)10-12-13(18)3-2-4-14(12)19/h2-4,9H,5-8,10H2,1H3,(H,25,26). The lowest BCUT2D eigenvalue weighted by Crippen LogP contribution is -2.48. The van der Waals surface area contributed by atoms with E-state index < -0.39 is 5.97 Å². The van der Waals surface area contributed by atoms with Crippen molar-refractivity contribution in [2.75, 3.05) is 26.2 Å². The molecule has 26 heavy (non-hydrogen) atoms. The van der Waals surface area contributed by atoms with Crippen LogP contribution in [-0.2, 0) is 13.6 Å². The number of amides is 1. The van der Waals surface area contributed by atoms with Crippen molar-refractivity contribution in [3.05, 3.63) is 51.3 Å². The summed E-state index contributed by atoms with van der Waals surface area (Å²) in [6, 6.07) is 5.41. The van der Waals surface area contributed by atoms with E-state index in [4.69, 9.17) is 23.2 Å². The fourth-order valence-electron chi connectivity index (χ4n) is 3.01. The second kappa shape index (κ2) is 7.65.